The molecule has 29 heavy (non-hydrogen) atoms. The van der Waals surface area contributed by atoms with Crippen molar-refractivity contribution in [3.05, 3.63) is 59.7 Å². The Morgan fingerprint density at radius 1 is 1.17 bits per heavy atom. The van der Waals surface area contributed by atoms with Gasteiger partial charge in [-0.1, -0.05) is 36.4 Å². The van der Waals surface area contributed by atoms with Crippen LogP contribution in [-0.4, -0.2) is 35.6 Å². The molecule has 2 atom stereocenters. The molecule has 1 fully saturated rings. The number of imide groups is 1. The van der Waals surface area contributed by atoms with Gasteiger partial charge in [0.2, 0.25) is 12.7 Å². The number of benzene rings is 2. The second-order valence-corrected chi connectivity index (χ2v) is 7.18. The minimum Gasteiger partial charge on any atom is -0.454 e. The van der Waals surface area contributed by atoms with Crippen molar-refractivity contribution in [3.63, 3.8) is 0 Å². The molecule has 2 heterocycles. The van der Waals surface area contributed by atoms with Crippen LogP contribution in [0, 0.1) is 0 Å². The third-order valence-corrected chi connectivity index (χ3v) is 5.25. The van der Waals surface area contributed by atoms with Gasteiger partial charge in [0.25, 0.3) is 5.91 Å². The van der Waals surface area contributed by atoms with E-state index in [1.807, 2.05) is 30.3 Å². The molecule has 8 nitrogen and oxygen atoms in total. The number of amides is 4. The molecule has 0 bridgehead atoms. The van der Waals surface area contributed by atoms with E-state index in [0.717, 1.165) is 10.5 Å². The summed E-state index contributed by atoms with van der Waals surface area (Å²) in [5.74, 6) is 0.188. The van der Waals surface area contributed by atoms with Gasteiger partial charge in [-0.25, -0.2) is 9.69 Å². The van der Waals surface area contributed by atoms with Crippen molar-refractivity contribution < 1.29 is 23.9 Å². The number of urea groups is 1. The lowest BCUT2D eigenvalue weighted by Gasteiger charge is -2.24. The molecule has 0 saturated carbocycles. The van der Waals surface area contributed by atoms with Crippen LogP contribution in [0.2, 0.25) is 0 Å². The summed E-state index contributed by atoms with van der Waals surface area (Å²) in [6.45, 7) is 3.57. The topological polar surface area (TPSA) is 97.0 Å². The zero-order chi connectivity index (χ0) is 20.6. The van der Waals surface area contributed by atoms with Gasteiger partial charge in [0.05, 0.1) is 0 Å². The molecule has 2 aliphatic rings. The van der Waals surface area contributed by atoms with Crippen LogP contribution in [0.4, 0.5) is 4.79 Å². The summed E-state index contributed by atoms with van der Waals surface area (Å²) in [7, 11) is 0. The number of carbonyl (C=O) groups excluding carboxylic acids is 3. The van der Waals surface area contributed by atoms with E-state index in [4.69, 9.17) is 9.47 Å². The molecule has 1 saturated heterocycles. The van der Waals surface area contributed by atoms with Gasteiger partial charge in [-0.2, -0.15) is 0 Å². The first-order valence-electron chi connectivity index (χ1n) is 9.28. The van der Waals surface area contributed by atoms with Crippen molar-refractivity contribution in [2.24, 2.45) is 0 Å². The summed E-state index contributed by atoms with van der Waals surface area (Å²) in [6.07, 6.45) is 0. The van der Waals surface area contributed by atoms with Crippen LogP contribution < -0.4 is 20.1 Å². The molecule has 2 N–H and O–H groups in total. The van der Waals surface area contributed by atoms with Crippen molar-refractivity contribution in [3.8, 4) is 11.5 Å². The second-order valence-electron chi connectivity index (χ2n) is 7.18. The van der Waals surface area contributed by atoms with Crippen molar-refractivity contribution in [1.29, 1.82) is 0 Å². The smallest absolute Gasteiger partial charge is 0.326 e. The summed E-state index contributed by atoms with van der Waals surface area (Å²) < 4.78 is 10.7. The highest BCUT2D eigenvalue weighted by atomic mass is 16.7. The molecule has 2 aliphatic heterocycles. The maximum absolute atomic E-state index is 13.1. The number of nitrogens with zero attached hydrogens (tertiary/aromatic N) is 1. The first-order valence-corrected chi connectivity index (χ1v) is 9.28. The Kier molecular flexibility index (Phi) is 4.62. The van der Waals surface area contributed by atoms with Gasteiger partial charge in [-0.05, 0) is 37.1 Å². The summed E-state index contributed by atoms with van der Waals surface area (Å²) in [5.41, 5.74) is 0.182. The monoisotopic (exact) mass is 395 g/mol. The average Bonchev–Trinajstić information content (AvgIpc) is 3.28. The van der Waals surface area contributed by atoms with Gasteiger partial charge in [0.15, 0.2) is 11.5 Å². The van der Waals surface area contributed by atoms with Crippen molar-refractivity contribution >= 4 is 17.8 Å². The maximum atomic E-state index is 13.1. The van der Waals surface area contributed by atoms with Crippen molar-refractivity contribution in [2.75, 3.05) is 6.79 Å². The minimum absolute atomic E-state index is 0.112. The van der Waals surface area contributed by atoms with Gasteiger partial charge in [-0.3, -0.25) is 9.59 Å². The molecule has 4 rings (SSSR count). The number of fused-ring (bicyclic) bond motifs is 1. The largest absolute Gasteiger partial charge is 0.454 e. The molecule has 8 heteroatoms. The molecule has 150 valence electrons. The van der Waals surface area contributed by atoms with Crippen molar-refractivity contribution in [2.45, 2.75) is 32.0 Å². The predicted octanol–water partition coefficient (Wildman–Crippen LogP) is 1.89. The van der Waals surface area contributed by atoms with Crippen LogP contribution >= 0.6 is 0 Å². The van der Waals surface area contributed by atoms with Crippen LogP contribution in [0.1, 0.15) is 25.0 Å². The van der Waals surface area contributed by atoms with E-state index in [-0.39, 0.29) is 6.79 Å². The minimum atomic E-state index is -1.30. The first-order chi connectivity index (χ1) is 13.9. The molecule has 0 aromatic heterocycles. The molecular formula is C21H21N3O5. The third kappa shape index (κ3) is 3.26. The predicted molar refractivity (Wildman–Crippen MR) is 103 cm³/mol. The zero-order valence-electron chi connectivity index (χ0n) is 16.1. The SMILES string of the molecule is C[C@@H](C(=O)NCc1ccccc1)N1C(=O)N[C@](C)(c2ccc3c(c2)OCO3)C1=O. The number of hydrogen-bond donors (Lipinski definition) is 2. The quantitative estimate of drug-likeness (QED) is 0.754. The fraction of sp³-hybridized carbons (Fsp3) is 0.286. The lowest BCUT2D eigenvalue weighted by Crippen LogP contribution is -2.49. The van der Waals surface area contributed by atoms with E-state index in [0.29, 0.717) is 23.6 Å². The van der Waals surface area contributed by atoms with Gasteiger partial charge < -0.3 is 20.1 Å². The number of ether oxygens (including phenoxy) is 2. The van der Waals surface area contributed by atoms with Crippen LogP contribution in [0.15, 0.2) is 48.5 Å². The highest BCUT2D eigenvalue weighted by molar-refractivity contribution is 6.10. The standard InChI is InChI=1S/C21H21N3O5/c1-13(18(25)22-11-14-6-4-3-5-7-14)24-19(26)21(2,23-20(24)27)15-8-9-16-17(10-15)29-12-28-16/h3-10,13H,11-12H2,1-2H3,(H,22,25)(H,23,27)/t13-,21+/m0/s1. The summed E-state index contributed by atoms with van der Waals surface area (Å²) in [4.78, 5) is 39.3. The Hall–Kier alpha value is -3.55. The molecule has 2 aromatic carbocycles. The summed E-state index contributed by atoms with van der Waals surface area (Å²) >= 11 is 0. The van der Waals surface area contributed by atoms with E-state index in [1.54, 1.807) is 25.1 Å². The van der Waals surface area contributed by atoms with E-state index in [9.17, 15) is 14.4 Å². The normalized spacial score (nSPS) is 21.1. The zero-order valence-corrected chi connectivity index (χ0v) is 16.1. The third-order valence-electron chi connectivity index (χ3n) is 5.25. The summed E-state index contributed by atoms with van der Waals surface area (Å²) in [5, 5.41) is 5.48. The van der Waals surface area contributed by atoms with Gasteiger partial charge in [-0.15, -0.1) is 0 Å². The van der Waals surface area contributed by atoms with Crippen molar-refractivity contribution in [1.82, 2.24) is 15.5 Å². The van der Waals surface area contributed by atoms with Crippen LogP contribution in [0.25, 0.3) is 0 Å². The summed E-state index contributed by atoms with van der Waals surface area (Å²) in [6, 6.07) is 12.9. The highest BCUT2D eigenvalue weighted by Crippen LogP contribution is 2.38. The fourth-order valence-electron chi connectivity index (χ4n) is 3.47. The van der Waals surface area contributed by atoms with Gasteiger partial charge in [0, 0.05) is 6.54 Å². The number of carbonyl (C=O) groups is 3. The Morgan fingerprint density at radius 3 is 2.66 bits per heavy atom. The molecule has 0 aliphatic carbocycles. The Bertz CT molecular complexity index is 978. The van der Waals surface area contributed by atoms with Crippen LogP contribution in [-0.2, 0) is 21.7 Å². The van der Waals surface area contributed by atoms with E-state index >= 15 is 0 Å². The first kappa shape index (κ1) is 18.8. The van der Waals surface area contributed by atoms with Crippen LogP contribution in [0.5, 0.6) is 11.5 Å². The molecule has 0 radical (unpaired) electrons. The molecule has 4 amide bonds. The van der Waals surface area contributed by atoms with Gasteiger partial charge in [0.1, 0.15) is 11.6 Å². The maximum Gasteiger partial charge on any atom is 0.326 e. The van der Waals surface area contributed by atoms with E-state index in [2.05, 4.69) is 10.6 Å². The average molecular weight is 395 g/mol. The number of nitrogens with one attached hydrogen (secondary N) is 2. The lowest BCUT2D eigenvalue weighted by atomic mass is 9.91. The Labute approximate surface area is 167 Å². The van der Waals surface area contributed by atoms with E-state index in [1.165, 1.54) is 6.92 Å². The van der Waals surface area contributed by atoms with Gasteiger partial charge >= 0.3 is 6.03 Å². The number of hydrogen-bond acceptors (Lipinski definition) is 5. The van der Waals surface area contributed by atoms with Crippen LogP contribution in [0.3, 0.4) is 0 Å². The molecule has 0 spiro atoms. The highest BCUT2D eigenvalue weighted by Gasteiger charge is 2.52. The van der Waals surface area contributed by atoms with E-state index < -0.39 is 29.4 Å². The Morgan fingerprint density at radius 2 is 1.90 bits per heavy atom. The molecule has 2 aromatic rings. The number of rotatable bonds is 5. The Balaban J connectivity index is 1.50. The second kappa shape index (κ2) is 7.12. The lowest BCUT2D eigenvalue weighted by molar-refractivity contribution is -0.137. The fourth-order valence-corrected chi connectivity index (χ4v) is 3.47. The molecule has 0 unspecified atom stereocenters. The molecular weight excluding hydrogens is 374 g/mol.